The molecule has 2 amide bonds. The largest absolute Gasteiger partial charge is 0.495 e. The lowest BCUT2D eigenvalue weighted by Gasteiger charge is -2.05. The van der Waals surface area contributed by atoms with Gasteiger partial charge in [-0.15, -0.1) is 0 Å². The van der Waals surface area contributed by atoms with E-state index in [-0.39, 0.29) is 11.1 Å². The van der Waals surface area contributed by atoms with E-state index in [0.717, 1.165) is 33.9 Å². The molecule has 32 heavy (non-hydrogen) atoms. The van der Waals surface area contributed by atoms with Crippen LogP contribution < -0.4 is 10.1 Å². The van der Waals surface area contributed by atoms with Crippen LogP contribution in [0.15, 0.2) is 71.6 Å². The summed E-state index contributed by atoms with van der Waals surface area (Å²) < 4.78 is 7.68. The Bertz CT molecular complexity index is 1430. The Kier molecular flexibility index (Phi) is 5.18. The lowest BCUT2D eigenvalue weighted by Crippen LogP contribution is -2.17. The smallest absolute Gasteiger partial charge is 0.290 e. The maximum Gasteiger partial charge on any atom is 0.290 e. The van der Waals surface area contributed by atoms with Gasteiger partial charge in [0.05, 0.1) is 24.1 Å². The van der Waals surface area contributed by atoms with Crippen molar-refractivity contribution in [2.75, 3.05) is 7.11 Å². The van der Waals surface area contributed by atoms with Gasteiger partial charge in [0.25, 0.3) is 11.1 Å². The topological polar surface area (TPSA) is 60.3 Å². The minimum absolute atomic E-state index is 0.360. The SMILES string of the molecule is COc1ccc(C=C2SC(=O)NC2=O)cc1C#CCn1c2ccccc2c2ccccc21. The molecule has 2 heterocycles. The van der Waals surface area contributed by atoms with Crippen LogP contribution in [0.4, 0.5) is 4.79 Å². The predicted molar refractivity (Wildman–Crippen MR) is 128 cm³/mol. The average Bonchev–Trinajstić information content (AvgIpc) is 3.30. The highest BCUT2D eigenvalue weighted by Crippen LogP contribution is 2.29. The highest BCUT2D eigenvalue weighted by Gasteiger charge is 2.25. The Labute approximate surface area is 189 Å². The molecule has 6 heteroatoms. The predicted octanol–water partition coefficient (Wildman–Crippen LogP) is 5.18. The first kappa shape index (κ1) is 20.0. The van der Waals surface area contributed by atoms with E-state index in [1.807, 2.05) is 42.5 Å². The third-order valence-corrected chi connectivity index (χ3v) is 6.11. The molecule has 3 aromatic carbocycles. The summed E-state index contributed by atoms with van der Waals surface area (Å²) >= 11 is 0.894. The van der Waals surface area contributed by atoms with E-state index in [0.29, 0.717) is 17.2 Å². The van der Waals surface area contributed by atoms with Gasteiger partial charge in [0.1, 0.15) is 5.75 Å². The highest BCUT2D eigenvalue weighted by atomic mass is 32.2. The quantitative estimate of drug-likeness (QED) is 0.354. The summed E-state index contributed by atoms with van der Waals surface area (Å²) in [6, 6.07) is 22.1. The van der Waals surface area contributed by atoms with Gasteiger partial charge in [-0.2, -0.15) is 0 Å². The van der Waals surface area contributed by atoms with Gasteiger partial charge < -0.3 is 9.30 Å². The van der Waals surface area contributed by atoms with Crippen molar-refractivity contribution in [2.24, 2.45) is 0 Å². The molecule has 156 valence electrons. The van der Waals surface area contributed by atoms with Crippen LogP contribution in [-0.4, -0.2) is 22.8 Å². The second-order valence-corrected chi connectivity index (χ2v) is 8.25. The van der Waals surface area contributed by atoms with Crippen molar-refractivity contribution in [1.29, 1.82) is 0 Å². The molecular weight excluding hydrogens is 420 g/mol. The number of amides is 2. The standard InChI is InChI=1S/C26H18N2O3S/c1-31-23-13-12-17(16-24-25(29)27-26(30)32-24)15-18(23)7-6-14-28-21-10-4-2-8-19(21)20-9-3-5-11-22(20)28/h2-5,8-13,15-16H,14H2,1H3,(H,27,29,30). The van der Waals surface area contributed by atoms with Crippen LogP contribution in [0.5, 0.6) is 5.75 Å². The van der Waals surface area contributed by atoms with Crippen LogP contribution in [0.25, 0.3) is 27.9 Å². The molecule has 1 saturated heterocycles. The van der Waals surface area contributed by atoms with Crippen molar-refractivity contribution in [3.05, 3.63) is 82.8 Å². The van der Waals surface area contributed by atoms with E-state index >= 15 is 0 Å². The number of hydrogen-bond donors (Lipinski definition) is 1. The minimum atomic E-state index is -0.380. The first-order valence-electron chi connectivity index (χ1n) is 10.0. The van der Waals surface area contributed by atoms with Crippen molar-refractivity contribution in [3.63, 3.8) is 0 Å². The Morgan fingerprint density at radius 3 is 2.31 bits per heavy atom. The van der Waals surface area contributed by atoms with E-state index in [4.69, 9.17) is 4.74 Å². The number of carbonyl (C=O) groups is 2. The second kappa shape index (κ2) is 8.29. The Hall–Kier alpha value is -3.95. The van der Waals surface area contributed by atoms with Gasteiger partial charge in [-0.05, 0) is 47.7 Å². The number of nitrogens with one attached hydrogen (secondary N) is 1. The molecule has 5 nitrogen and oxygen atoms in total. The monoisotopic (exact) mass is 438 g/mol. The van der Waals surface area contributed by atoms with Crippen LogP contribution in [0, 0.1) is 11.8 Å². The van der Waals surface area contributed by atoms with Gasteiger partial charge in [0.2, 0.25) is 0 Å². The van der Waals surface area contributed by atoms with E-state index in [1.165, 1.54) is 10.8 Å². The number of aromatic nitrogens is 1. The molecule has 5 rings (SSSR count). The molecule has 0 bridgehead atoms. The number of rotatable bonds is 3. The lowest BCUT2D eigenvalue weighted by atomic mass is 10.1. The molecular formula is C26H18N2O3S. The van der Waals surface area contributed by atoms with Crippen molar-refractivity contribution in [1.82, 2.24) is 9.88 Å². The van der Waals surface area contributed by atoms with Crippen LogP contribution >= 0.6 is 11.8 Å². The summed E-state index contributed by atoms with van der Waals surface area (Å²) in [4.78, 5) is 23.6. The van der Waals surface area contributed by atoms with Crippen LogP contribution in [0.1, 0.15) is 11.1 Å². The van der Waals surface area contributed by atoms with Crippen molar-refractivity contribution >= 4 is 50.8 Å². The van der Waals surface area contributed by atoms with Gasteiger partial charge in [-0.3, -0.25) is 14.9 Å². The van der Waals surface area contributed by atoms with Gasteiger partial charge in [0, 0.05) is 21.8 Å². The zero-order valence-electron chi connectivity index (χ0n) is 17.2. The lowest BCUT2D eigenvalue weighted by molar-refractivity contribution is -0.115. The molecule has 1 fully saturated rings. The molecule has 1 aliphatic rings. The van der Waals surface area contributed by atoms with Gasteiger partial charge >= 0.3 is 0 Å². The minimum Gasteiger partial charge on any atom is -0.495 e. The third kappa shape index (κ3) is 3.64. The molecule has 0 atom stereocenters. The number of para-hydroxylation sites is 2. The number of ether oxygens (including phenoxy) is 1. The Balaban J connectivity index is 1.50. The molecule has 0 saturated carbocycles. The fraction of sp³-hybridized carbons (Fsp3) is 0.0769. The molecule has 1 N–H and O–H groups in total. The van der Waals surface area contributed by atoms with Gasteiger partial charge in [-0.25, -0.2) is 0 Å². The average molecular weight is 439 g/mol. The number of hydrogen-bond acceptors (Lipinski definition) is 4. The molecule has 0 spiro atoms. The molecule has 0 radical (unpaired) electrons. The number of thioether (sulfide) groups is 1. The summed E-state index contributed by atoms with van der Waals surface area (Å²) in [7, 11) is 1.60. The summed E-state index contributed by atoms with van der Waals surface area (Å²) in [5, 5.41) is 4.32. The van der Waals surface area contributed by atoms with Crippen LogP contribution in [0.3, 0.4) is 0 Å². The molecule has 1 aromatic heterocycles. The number of benzene rings is 3. The number of fused-ring (bicyclic) bond motifs is 3. The Morgan fingerprint density at radius 2 is 1.69 bits per heavy atom. The van der Waals surface area contributed by atoms with Gasteiger partial charge in [0.15, 0.2) is 0 Å². The number of methoxy groups -OCH3 is 1. The van der Waals surface area contributed by atoms with Gasteiger partial charge in [-0.1, -0.05) is 54.3 Å². The first-order chi connectivity index (χ1) is 15.6. The molecule has 0 unspecified atom stereocenters. The highest BCUT2D eigenvalue weighted by molar-refractivity contribution is 8.18. The summed E-state index contributed by atoms with van der Waals surface area (Å²) in [6.45, 7) is 0.523. The maximum absolute atomic E-state index is 11.8. The number of carbonyl (C=O) groups excluding carboxylic acids is 2. The first-order valence-corrected chi connectivity index (χ1v) is 10.8. The maximum atomic E-state index is 11.8. The third-order valence-electron chi connectivity index (χ3n) is 5.30. The fourth-order valence-electron chi connectivity index (χ4n) is 3.87. The van der Waals surface area contributed by atoms with E-state index in [9.17, 15) is 9.59 Å². The summed E-state index contributed by atoms with van der Waals surface area (Å²) in [5.41, 5.74) is 3.78. The second-order valence-electron chi connectivity index (χ2n) is 7.23. The van der Waals surface area contributed by atoms with E-state index in [2.05, 4.69) is 46.0 Å². The van der Waals surface area contributed by atoms with Crippen molar-refractivity contribution < 1.29 is 14.3 Å². The van der Waals surface area contributed by atoms with E-state index in [1.54, 1.807) is 13.2 Å². The van der Waals surface area contributed by atoms with Crippen molar-refractivity contribution in [2.45, 2.75) is 6.54 Å². The van der Waals surface area contributed by atoms with Crippen molar-refractivity contribution in [3.8, 4) is 17.6 Å². The number of imide groups is 1. The molecule has 4 aromatic rings. The zero-order valence-corrected chi connectivity index (χ0v) is 18.0. The van der Waals surface area contributed by atoms with Crippen LogP contribution in [0.2, 0.25) is 0 Å². The Morgan fingerprint density at radius 1 is 1.00 bits per heavy atom. The molecule has 0 aliphatic carbocycles. The van der Waals surface area contributed by atoms with Crippen LogP contribution in [-0.2, 0) is 11.3 Å². The zero-order chi connectivity index (χ0) is 22.1. The normalized spacial score (nSPS) is 14.6. The fourth-order valence-corrected chi connectivity index (χ4v) is 4.56. The summed E-state index contributed by atoms with van der Waals surface area (Å²) in [6.07, 6.45) is 1.68. The molecule has 1 aliphatic heterocycles. The number of nitrogens with zero attached hydrogens (tertiary/aromatic N) is 1. The van der Waals surface area contributed by atoms with E-state index < -0.39 is 0 Å². The summed E-state index contributed by atoms with van der Waals surface area (Å²) in [5.74, 6) is 6.77.